The summed E-state index contributed by atoms with van der Waals surface area (Å²) in [6.07, 6.45) is 7.83. The SMILES string of the molecule is C#CCC(C)(O)C1(C)CC1. The molecule has 0 amide bonds. The Morgan fingerprint density at radius 1 is 1.70 bits per heavy atom. The number of hydrogen-bond acceptors (Lipinski definition) is 1. The second kappa shape index (κ2) is 2.00. The van der Waals surface area contributed by atoms with Gasteiger partial charge in [0.05, 0.1) is 5.60 Å². The van der Waals surface area contributed by atoms with E-state index in [1.54, 1.807) is 0 Å². The highest BCUT2D eigenvalue weighted by molar-refractivity contribution is 5.08. The number of rotatable bonds is 2. The van der Waals surface area contributed by atoms with Crippen LogP contribution < -0.4 is 0 Å². The van der Waals surface area contributed by atoms with Crippen molar-refractivity contribution in [3.05, 3.63) is 0 Å². The molecule has 0 aromatic heterocycles. The Kier molecular flexibility index (Phi) is 1.53. The van der Waals surface area contributed by atoms with Gasteiger partial charge >= 0.3 is 0 Å². The largest absolute Gasteiger partial charge is 0.389 e. The lowest BCUT2D eigenvalue weighted by molar-refractivity contribution is -0.00251. The second-order valence-corrected chi connectivity index (χ2v) is 3.72. The van der Waals surface area contributed by atoms with E-state index >= 15 is 0 Å². The van der Waals surface area contributed by atoms with Crippen molar-refractivity contribution in [2.75, 3.05) is 0 Å². The van der Waals surface area contributed by atoms with Crippen LogP contribution in [0.4, 0.5) is 0 Å². The Labute approximate surface area is 62.4 Å². The van der Waals surface area contributed by atoms with Crippen molar-refractivity contribution in [3.8, 4) is 12.3 Å². The highest BCUT2D eigenvalue weighted by atomic mass is 16.3. The molecule has 0 aromatic rings. The molecule has 10 heavy (non-hydrogen) atoms. The Hall–Kier alpha value is -0.480. The normalized spacial score (nSPS) is 26.6. The topological polar surface area (TPSA) is 20.2 Å². The van der Waals surface area contributed by atoms with Gasteiger partial charge in [0.25, 0.3) is 0 Å². The minimum atomic E-state index is -0.637. The molecular formula is C9H14O. The van der Waals surface area contributed by atoms with Crippen molar-refractivity contribution in [2.45, 2.75) is 38.7 Å². The van der Waals surface area contributed by atoms with Gasteiger partial charge in [-0.1, -0.05) is 6.92 Å². The summed E-state index contributed by atoms with van der Waals surface area (Å²) in [4.78, 5) is 0. The van der Waals surface area contributed by atoms with E-state index in [4.69, 9.17) is 6.42 Å². The molecule has 1 nitrogen and oxygen atoms in total. The summed E-state index contributed by atoms with van der Waals surface area (Å²) in [5, 5.41) is 9.77. The third-order valence-corrected chi connectivity index (χ3v) is 2.75. The van der Waals surface area contributed by atoms with Crippen LogP contribution in [-0.2, 0) is 0 Å². The van der Waals surface area contributed by atoms with Crippen LogP contribution in [0.1, 0.15) is 33.1 Å². The number of aliphatic hydroxyl groups is 1. The second-order valence-electron chi connectivity index (χ2n) is 3.72. The molecule has 1 aliphatic carbocycles. The standard InChI is InChI=1S/C9H14O/c1-4-5-9(3,10)8(2)6-7-8/h1,10H,5-7H2,2-3H3. The first-order valence-electron chi connectivity index (χ1n) is 3.68. The smallest absolute Gasteiger partial charge is 0.0781 e. The minimum Gasteiger partial charge on any atom is -0.389 e. The van der Waals surface area contributed by atoms with Gasteiger partial charge in [0.1, 0.15) is 0 Å². The lowest BCUT2D eigenvalue weighted by Crippen LogP contribution is -2.33. The summed E-state index contributed by atoms with van der Waals surface area (Å²) >= 11 is 0. The summed E-state index contributed by atoms with van der Waals surface area (Å²) in [5.74, 6) is 2.50. The van der Waals surface area contributed by atoms with E-state index in [0.29, 0.717) is 6.42 Å². The lowest BCUT2D eigenvalue weighted by atomic mass is 9.85. The van der Waals surface area contributed by atoms with Crippen molar-refractivity contribution in [1.29, 1.82) is 0 Å². The fourth-order valence-corrected chi connectivity index (χ4v) is 1.14. The van der Waals surface area contributed by atoms with Gasteiger partial charge in [0, 0.05) is 6.42 Å². The lowest BCUT2D eigenvalue weighted by Gasteiger charge is -2.28. The van der Waals surface area contributed by atoms with Crippen LogP contribution in [0.2, 0.25) is 0 Å². The van der Waals surface area contributed by atoms with Gasteiger partial charge in [-0.2, -0.15) is 0 Å². The zero-order valence-corrected chi connectivity index (χ0v) is 6.65. The monoisotopic (exact) mass is 138 g/mol. The van der Waals surface area contributed by atoms with Gasteiger partial charge in [0.2, 0.25) is 0 Å². The average Bonchev–Trinajstić information content (AvgIpc) is 2.49. The van der Waals surface area contributed by atoms with Crippen molar-refractivity contribution in [2.24, 2.45) is 5.41 Å². The summed E-state index contributed by atoms with van der Waals surface area (Å²) < 4.78 is 0. The van der Waals surface area contributed by atoms with E-state index < -0.39 is 5.60 Å². The predicted molar refractivity (Wildman–Crippen MR) is 41.4 cm³/mol. The molecule has 0 saturated heterocycles. The van der Waals surface area contributed by atoms with E-state index in [2.05, 4.69) is 12.8 Å². The van der Waals surface area contributed by atoms with Gasteiger partial charge in [-0.05, 0) is 25.2 Å². The van der Waals surface area contributed by atoms with E-state index in [-0.39, 0.29) is 5.41 Å². The zero-order chi connectivity index (χ0) is 7.83. The van der Waals surface area contributed by atoms with E-state index in [1.165, 1.54) is 0 Å². The quantitative estimate of drug-likeness (QED) is 0.574. The molecule has 1 saturated carbocycles. The fraction of sp³-hybridized carbons (Fsp3) is 0.778. The highest BCUT2D eigenvalue weighted by Gasteiger charge is 2.51. The molecule has 56 valence electrons. The first-order valence-corrected chi connectivity index (χ1v) is 3.68. The summed E-state index contributed by atoms with van der Waals surface area (Å²) in [6.45, 7) is 3.92. The first-order chi connectivity index (χ1) is 4.52. The maximum atomic E-state index is 9.77. The average molecular weight is 138 g/mol. The molecule has 0 aromatic carbocycles. The summed E-state index contributed by atoms with van der Waals surface area (Å²) in [7, 11) is 0. The van der Waals surface area contributed by atoms with Crippen LogP contribution in [0.25, 0.3) is 0 Å². The maximum absolute atomic E-state index is 9.77. The highest BCUT2D eigenvalue weighted by Crippen LogP contribution is 2.54. The van der Waals surface area contributed by atoms with Gasteiger partial charge in [-0.25, -0.2) is 0 Å². The summed E-state index contributed by atoms with van der Waals surface area (Å²) in [6, 6.07) is 0. The molecular weight excluding hydrogens is 124 g/mol. The molecule has 0 aliphatic heterocycles. The molecule has 1 rings (SSSR count). The van der Waals surface area contributed by atoms with Gasteiger partial charge in [0.15, 0.2) is 0 Å². The maximum Gasteiger partial charge on any atom is 0.0781 e. The Balaban J connectivity index is 2.60. The summed E-state index contributed by atoms with van der Waals surface area (Å²) in [5.41, 5.74) is -0.527. The van der Waals surface area contributed by atoms with Crippen LogP contribution in [0.3, 0.4) is 0 Å². The third-order valence-electron chi connectivity index (χ3n) is 2.75. The molecule has 1 aliphatic rings. The Morgan fingerprint density at radius 3 is 2.50 bits per heavy atom. The van der Waals surface area contributed by atoms with Crippen molar-refractivity contribution >= 4 is 0 Å². The molecule has 1 atom stereocenters. The molecule has 0 radical (unpaired) electrons. The molecule has 1 unspecified atom stereocenters. The Bertz CT molecular complexity index is 170. The van der Waals surface area contributed by atoms with Crippen LogP contribution in [0.15, 0.2) is 0 Å². The van der Waals surface area contributed by atoms with Gasteiger partial charge < -0.3 is 5.11 Å². The molecule has 1 fully saturated rings. The van der Waals surface area contributed by atoms with Crippen LogP contribution in [-0.4, -0.2) is 10.7 Å². The zero-order valence-electron chi connectivity index (χ0n) is 6.65. The van der Waals surface area contributed by atoms with Crippen LogP contribution in [0.5, 0.6) is 0 Å². The van der Waals surface area contributed by atoms with E-state index in [9.17, 15) is 5.11 Å². The minimum absolute atomic E-state index is 0.110. The number of hydrogen-bond donors (Lipinski definition) is 1. The fourth-order valence-electron chi connectivity index (χ4n) is 1.14. The van der Waals surface area contributed by atoms with E-state index in [1.807, 2.05) is 6.92 Å². The van der Waals surface area contributed by atoms with Crippen LogP contribution >= 0.6 is 0 Å². The Morgan fingerprint density at radius 2 is 2.20 bits per heavy atom. The van der Waals surface area contributed by atoms with Gasteiger partial charge in [-0.3, -0.25) is 0 Å². The molecule has 0 heterocycles. The van der Waals surface area contributed by atoms with E-state index in [0.717, 1.165) is 12.8 Å². The van der Waals surface area contributed by atoms with Crippen molar-refractivity contribution < 1.29 is 5.11 Å². The molecule has 0 bridgehead atoms. The molecule has 1 heteroatoms. The molecule has 1 N–H and O–H groups in total. The van der Waals surface area contributed by atoms with Crippen molar-refractivity contribution in [1.82, 2.24) is 0 Å². The number of terminal acetylenes is 1. The van der Waals surface area contributed by atoms with Crippen LogP contribution in [0, 0.1) is 17.8 Å². The van der Waals surface area contributed by atoms with Crippen molar-refractivity contribution in [3.63, 3.8) is 0 Å². The predicted octanol–water partition coefficient (Wildman–Crippen LogP) is 1.56. The van der Waals surface area contributed by atoms with Gasteiger partial charge in [-0.15, -0.1) is 12.3 Å². The first kappa shape index (κ1) is 7.63. The third kappa shape index (κ3) is 1.04. The molecule has 0 spiro atoms.